The van der Waals surface area contributed by atoms with Gasteiger partial charge in [-0.15, -0.1) is 0 Å². The van der Waals surface area contributed by atoms with Gasteiger partial charge in [0.25, 0.3) is 0 Å². The number of hydrogen-bond acceptors (Lipinski definition) is 2. The molecule has 2 heteroatoms. The van der Waals surface area contributed by atoms with Crippen LogP contribution in [0.4, 0.5) is 0 Å². The van der Waals surface area contributed by atoms with Gasteiger partial charge in [-0.2, -0.15) is 0 Å². The summed E-state index contributed by atoms with van der Waals surface area (Å²) in [5.41, 5.74) is 0. The number of rotatable bonds is 7. The number of ketones is 2. The van der Waals surface area contributed by atoms with Crippen molar-refractivity contribution in [3.8, 4) is 0 Å². The van der Waals surface area contributed by atoms with Gasteiger partial charge in [0.1, 0.15) is 11.6 Å². The largest absolute Gasteiger partial charge is 0.300 e. The van der Waals surface area contributed by atoms with E-state index in [9.17, 15) is 9.59 Å². The summed E-state index contributed by atoms with van der Waals surface area (Å²) >= 11 is 0. The molecule has 0 saturated carbocycles. The van der Waals surface area contributed by atoms with Crippen molar-refractivity contribution in [2.45, 2.75) is 52.9 Å². The Labute approximate surface area is 80.7 Å². The number of hydrogen-bond donors (Lipinski definition) is 0. The zero-order chi connectivity index (χ0) is 10.3. The minimum atomic E-state index is -0.0139. The Balaban J connectivity index is 3.91. The van der Waals surface area contributed by atoms with E-state index in [1.807, 2.05) is 6.92 Å². The van der Waals surface area contributed by atoms with Gasteiger partial charge in [0.05, 0.1) is 6.42 Å². The molecule has 76 valence electrons. The van der Waals surface area contributed by atoms with Gasteiger partial charge in [0.15, 0.2) is 0 Å². The van der Waals surface area contributed by atoms with Crippen molar-refractivity contribution in [1.82, 2.24) is 0 Å². The van der Waals surface area contributed by atoms with Crippen LogP contribution in [0.15, 0.2) is 0 Å². The van der Waals surface area contributed by atoms with Crippen LogP contribution >= 0.6 is 0 Å². The van der Waals surface area contributed by atoms with Crippen molar-refractivity contribution >= 4 is 11.6 Å². The van der Waals surface area contributed by atoms with E-state index in [0.717, 1.165) is 25.7 Å². The van der Waals surface area contributed by atoms with Crippen LogP contribution in [-0.2, 0) is 9.59 Å². The van der Waals surface area contributed by atoms with E-state index in [1.54, 1.807) is 0 Å². The second-order valence-electron chi connectivity index (χ2n) is 3.59. The number of unbranched alkanes of at least 4 members (excludes halogenated alkanes) is 1. The summed E-state index contributed by atoms with van der Waals surface area (Å²) < 4.78 is 0. The summed E-state index contributed by atoms with van der Waals surface area (Å²) in [6, 6.07) is 0. The van der Waals surface area contributed by atoms with Crippen molar-refractivity contribution in [2.75, 3.05) is 0 Å². The Morgan fingerprint density at radius 3 is 2.23 bits per heavy atom. The van der Waals surface area contributed by atoms with Crippen LogP contribution in [0.5, 0.6) is 0 Å². The van der Waals surface area contributed by atoms with E-state index < -0.39 is 0 Å². The minimum Gasteiger partial charge on any atom is -0.300 e. The molecule has 0 rings (SSSR count). The molecule has 0 aliphatic rings. The first-order valence-electron chi connectivity index (χ1n) is 5.13. The molecule has 0 bridgehead atoms. The zero-order valence-electron chi connectivity index (χ0n) is 8.93. The Morgan fingerprint density at radius 2 is 1.85 bits per heavy atom. The highest BCUT2D eigenvalue weighted by Crippen LogP contribution is 2.15. The first-order chi connectivity index (χ1) is 6.11. The van der Waals surface area contributed by atoms with E-state index in [-0.39, 0.29) is 23.9 Å². The van der Waals surface area contributed by atoms with Gasteiger partial charge in [-0.3, -0.25) is 9.59 Å². The molecule has 0 N–H and O–H groups in total. The lowest BCUT2D eigenvalue weighted by Crippen LogP contribution is -2.16. The van der Waals surface area contributed by atoms with E-state index >= 15 is 0 Å². The van der Waals surface area contributed by atoms with E-state index in [4.69, 9.17) is 0 Å². The van der Waals surface area contributed by atoms with Gasteiger partial charge in [-0.05, 0) is 19.8 Å². The number of Topliss-reactive ketones (excluding diaryl/α,β-unsaturated/α-hetero) is 2. The third-order valence-electron chi connectivity index (χ3n) is 2.28. The van der Waals surface area contributed by atoms with Gasteiger partial charge < -0.3 is 0 Å². The van der Waals surface area contributed by atoms with Crippen molar-refractivity contribution in [3.05, 3.63) is 0 Å². The van der Waals surface area contributed by atoms with Crippen molar-refractivity contribution in [2.24, 2.45) is 5.92 Å². The highest BCUT2D eigenvalue weighted by atomic mass is 16.1. The maximum atomic E-state index is 11.5. The fourth-order valence-corrected chi connectivity index (χ4v) is 1.43. The molecular formula is C11H20O2. The molecule has 2 nitrogen and oxygen atoms in total. The van der Waals surface area contributed by atoms with E-state index in [0.29, 0.717) is 0 Å². The standard InChI is InChI=1S/C11H20O2/c1-4-6-7-10(5-2)11(13)8-9(3)12/h10H,4-8H2,1-3H3. The molecule has 0 aromatic carbocycles. The topological polar surface area (TPSA) is 34.1 Å². The zero-order valence-corrected chi connectivity index (χ0v) is 8.93. The lowest BCUT2D eigenvalue weighted by molar-refractivity contribution is -0.128. The molecule has 13 heavy (non-hydrogen) atoms. The molecule has 0 aliphatic carbocycles. The van der Waals surface area contributed by atoms with Crippen molar-refractivity contribution < 1.29 is 9.59 Å². The summed E-state index contributed by atoms with van der Waals surface area (Å²) in [5, 5.41) is 0. The predicted octanol–water partition coefficient (Wildman–Crippen LogP) is 2.75. The molecule has 0 amide bonds. The second-order valence-corrected chi connectivity index (χ2v) is 3.59. The predicted molar refractivity (Wildman–Crippen MR) is 53.6 cm³/mol. The first-order valence-corrected chi connectivity index (χ1v) is 5.13. The summed E-state index contributed by atoms with van der Waals surface area (Å²) in [6.45, 7) is 5.60. The molecule has 0 heterocycles. The number of carbonyl (C=O) groups is 2. The van der Waals surface area contributed by atoms with Gasteiger partial charge in [-0.1, -0.05) is 26.7 Å². The van der Waals surface area contributed by atoms with Crippen LogP contribution < -0.4 is 0 Å². The smallest absolute Gasteiger partial charge is 0.143 e. The highest BCUT2D eigenvalue weighted by molar-refractivity contribution is 5.98. The molecular weight excluding hydrogens is 164 g/mol. The highest BCUT2D eigenvalue weighted by Gasteiger charge is 2.16. The SMILES string of the molecule is CCCCC(CC)C(=O)CC(C)=O. The summed E-state index contributed by atoms with van der Waals surface area (Å²) in [7, 11) is 0. The normalized spacial score (nSPS) is 12.5. The molecule has 0 saturated heterocycles. The second kappa shape index (κ2) is 6.81. The molecule has 0 aliphatic heterocycles. The third kappa shape index (κ3) is 5.56. The average molecular weight is 184 g/mol. The fourth-order valence-electron chi connectivity index (χ4n) is 1.43. The maximum Gasteiger partial charge on any atom is 0.143 e. The monoisotopic (exact) mass is 184 g/mol. The van der Waals surface area contributed by atoms with Crippen LogP contribution in [0.1, 0.15) is 52.9 Å². The molecule has 0 radical (unpaired) electrons. The molecule has 0 aromatic heterocycles. The van der Waals surface area contributed by atoms with Crippen molar-refractivity contribution in [1.29, 1.82) is 0 Å². The summed E-state index contributed by atoms with van der Waals surface area (Å²) in [4.78, 5) is 22.2. The lowest BCUT2D eigenvalue weighted by atomic mass is 9.92. The number of carbonyl (C=O) groups excluding carboxylic acids is 2. The lowest BCUT2D eigenvalue weighted by Gasteiger charge is -2.11. The average Bonchev–Trinajstić information content (AvgIpc) is 2.04. The Bertz CT molecular complexity index is 173. The van der Waals surface area contributed by atoms with Gasteiger partial charge in [-0.25, -0.2) is 0 Å². The van der Waals surface area contributed by atoms with E-state index in [1.165, 1.54) is 6.92 Å². The quantitative estimate of drug-likeness (QED) is 0.570. The van der Waals surface area contributed by atoms with E-state index in [2.05, 4.69) is 6.92 Å². The van der Waals surface area contributed by atoms with Gasteiger partial charge >= 0.3 is 0 Å². The molecule has 1 unspecified atom stereocenters. The van der Waals surface area contributed by atoms with Crippen molar-refractivity contribution in [3.63, 3.8) is 0 Å². The summed E-state index contributed by atoms with van der Waals surface area (Å²) in [5.74, 6) is 0.229. The van der Waals surface area contributed by atoms with Crippen LogP contribution in [0, 0.1) is 5.92 Å². The molecule has 0 fully saturated rings. The first kappa shape index (κ1) is 12.3. The van der Waals surface area contributed by atoms with Crippen LogP contribution in [0.3, 0.4) is 0 Å². The summed E-state index contributed by atoms with van der Waals surface area (Å²) in [6.07, 6.45) is 4.14. The molecule has 0 spiro atoms. The minimum absolute atomic E-state index is 0.0139. The molecule has 0 aromatic rings. The Morgan fingerprint density at radius 1 is 1.23 bits per heavy atom. The van der Waals surface area contributed by atoms with Gasteiger partial charge in [0, 0.05) is 5.92 Å². The third-order valence-corrected chi connectivity index (χ3v) is 2.28. The Hall–Kier alpha value is -0.660. The van der Waals surface area contributed by atoms with Crippen LogP contribution in [-0.4, -0.2) is 11.6 Å². The van der Waals surface area contributed by atoms with Crippen LogP contribution in [0.25, 0.3) is 0 Å². The molecule has 1 atom stereocenters. The Kier molecular flexibility index (Phi) is 6.47. The maximum absolute atomic E-state index is 11.5. The fraction of sp³-hybridized carbons (Fsp3) is 0.818. The van der Waals surface area contributed by atoms with Gasteiger partial charge in [0.2, 0.25) is 0 Å². The van der Waals surface area contributed by atoms with Crippen LogP contribution in [0.2, 0.25) is 0 Å².